The number of ether oxygens (including phenoxy) is 1. The molecule has 1 aliphatic rings. The van der Waals surface area contributed by atoms with E-state index in [1.165, 1.54) is 0 Å². The van der Waals surface area contributed by atoms with Gasteiger partial charge in [0.2, 0.25) is 0 Å². The highest BCUT2D eigenvalue weighted by Crippen LogP contribution is 2.26. The van der Waals surface area contributed by atoms with Gasteiger partial charge in [-0.3, -0.25) is 0 Å². The number of aromatic nitrogens is 2. The van der Waals surface area contributed by atoms with E-state index in [0.29, 0.717) is 11.7 Å². The summed E-state index contributed by atoms with van der Waals surface area (Å²) in [6.45, 7) is 5.86. The molecule has 0 unspecified atom stereocenters. The Balaban J connectivity index is 2.31. The molecular formula is C15H22N4O. The average Bonchev–Trinajstić information content (AvgIpc) is 2.53. The lowest BCUT2D eigenvalue weighted by Gasteiger charge is -2.32. The fraction of sp³-hybridized carbons (Fsp3) is 0.667. The highest BCUT2D eigenvalue weighted by molar-refractivity contribution is 5.58. The van der Waals surface area contributed by atoms with E-state index in [-0.39, 0.29) is 0 Å². The van der Waals surface area contributed by atoms with Crippen LogP contribution in [0.5, 0.6) is 0 Å². The van der Waals surface area contributed by atoms with Crippen LogP contribution in [0.4, 0.5) is 5.82 Å². The fourth-order valence-electron chi connectivity index (χ4n) is 2.80. The second kappa shape index (κ2) is 6.67. The van der Waals surface area contributed by atoms with Gasteiger partial charge in [-0.1, -0.05) is 13.8 Å². The zero-order chi connectivity index (χ0) is 14.5. The molecular weight excluding hydrogens is 252 g/mol. The number of hydrogen-bond acceptors (Lipinski definition) is 5. The molecule has 1 aliphatic heterocycles. The average molecular weight is 274 g/mol. The maximum Gasteiger partial charge on any atom is 0.169 e. The lowest BCUT2D eigenvalue weighted by atomic mass is 10.0. The van der Waals surface area contributed by atoms with E-state index in [1.807, 2.05) is 6.92 Å². The summed E-state index contributed by atoms with van der Waals surface area (Å²) in [7, 11) is 1.76. The van der Waals surface area contributed by atoms with E-state index >= 15 is 0 Å². The Kier molecular flexibility index (Phi) is 4.91. The smallest absolute Gasteiger partial charge is 0.169 e. The van der Waals surface area contributed by atoms with Crippen LogP contribution in [0, 0.1) is 11.3 Å². The minimum absolute atomic E-state index is 0.324. The van der Waals surface area contributed by atoms with Crippen LogP contribution in [0.2, 0.25) is 0 Å². The Morgan fingerprint density at radius 1 is 1.25 bits per heavy atom. The first kappa shape index (κ1) is 14.7. The highest BCUT2D eigenvalue weighted by atomic mass is 16.5. The summed E-state index contributed by atoms with van der Waals surface area (Å²) in [5, 5.41) is 18.1. The molecule has 0 radical (unpaired) electrons. The number of nitrogens with zero attached hydrogens (tertiary/aromatic N) is 4. The van der Waals surface area contributed by atoms with Gasteiger partial charge in [0.15, 0.2) is 5.82 Å². The molecule has 0 amide bonds. The van der Waals surface area contributed by atoms with Gasteiger partial charge in [0.1, 0.15) is 11.6 Å². The number of piperidine rings is 1. The first-order chi connectivity index (χ1) is 9.74. The van der Waals surface area contributed by atoms with Crippen molar-refractivity contribution in [3.8, 4) is 6.07 Å². The van der Waals surface area contributed by atoms with Crippen molar-refractivity contribution in [1.82, 2.24) is 10.2 Å². The fourth-order valence-corrected chi connectivity index (χ4v) is 2.80. The van der Waals surface area contributed by atoms with Gasteiger partial charge in [0, 0.05) is 20.2 Å². The molecule has 2 heterocycles. The molecule has 5 heteroatoms. The summed E-state index contributed by atoms with van der Waals surface area (Å²) in [5.74, 6) is 0.746. The summed E-state index contributed by atoms with van der Waals surface area (Å²) < 4.78 is 5.39. The number of methoxy groups -OCH3 is 1. The topological polar surface area (TPSA) is 62.0 Å². The van der Waals surface area contributed by atoms with Crippen molar-refractivity contribution >= 4 is 5.82 Å². The number of hydrogen-bond donors (Lipinski definition) is 0. The zero-order valence-electron chi connectivity index (χ0n) is 12.5. The van der Waals surface area contributed by atoms with Crippen molar-refractivity contribution in [3.05, 3.63) is 16.8 Å². The third-order valence-corrected chi connectivity index (χ3v) is 4.01. The van der Waals surface area contributed by atoms with E-state index in [9.17, 15) is 5.26 Å². The third-order valence-electron chi connectivity index (χ3n) is 4.01. The maximum absolute atomic E-state index is 9.51. The summed E-state index contributed by atoms with van der Waals surface area (Å²) >= 11 is 0. The summed E-state index contributed by atoms with van der Waals surface area (Å²) in [6, 6.07) is 2.34. The van der Waals surface area contributed by atoms with E-state index in [2.05, 4.69) is 28.1 Å². The molecule has 0 aliphatic carbocycles. The van der Waals surface area contributed by atoms with Crippen LogP contribution < -0.4 is 4.90 Å². The predicted molar refractivity (Wildman–Crippen MR) is 77.7 cm³/mol. The van der Waals surface area contributed by atoms with Crippen LogP contribution in [0.15, 0.2) is 0 Å². The second-order valence-electron chi connectivity index (χ2n) is 5.06. The molecule has 1 fully saturated rings. The van der Waals surface area contributed by atoms with Crippen molar-refractivity contribution in [1.29, 1.82) is 5.26 Å². The van der Waals surface area contributed by atoms with Crippen LogP contribution in [0.3, 0.4) is 0 Å². The minimum Gasteiger partial charge on any atom is -0.381 e. The molecule has 108 valence electrons. The molecule has 1 saturated heterocycles. The molecule has 0 saturated carbocycles. The molecule has 0 aromatic carbocycles. The third kappa shape index (κ3) is 2.75. The van der Waals surface area contributed by atoms with Crippen LogP contribution in [0.25, 0.3) is 0 Å². The zero-order valence-corrected chi connectivity index (χ0v) is 12.5. The van der Waals surface area contributed by atoms with Crippen LogP contribution in [0.1, 0.15) is 43.5 Å². The van der Waals surface area contributed by atoms with Crippen LogP contribution in [-0.4, -0.2) is 36.5 Å². The van der Waals surface area contributed by atoms with E-state index in [0.717, 1.165) is 55.8 Å². The van der Waals surface area contributed by atoms with Gasteiger partial charge in [0.25, 0.3) is 0 Å². The molecule has 0 N–H and O–H groups in total. The van der Waals surface area contributed by atoms with Gasteiger partial charge < -0.3 is 9.64 Å². The van der Waals surface area contributed by atoms with Crippen molar-refractivity contribution in [2.45, 2.75) is 45.6 Å². The maximum atomic E-state index is 9.51. The lowest BCUT2D eigenvalue weighted by Crippen LogP contribution is -2.38. The Bertz CT molecular complexity index is 501. The summed E-state index contributed by atoms with van der Waals surface area (Å²) in [6.07, 6.45) is 3.91. The predicted octanol–water partition coefficient (Wildman–Crippen LogP) is 2.09. The van der Waals surface area contributed by atoms with Gasteiger partial charge >= 0.3 is 0 Å². The summed E-state index contributed by atoms with van der Waals surface area (Å²) in [4.78, 5) is 2.17. The normalized spacial score (nSPS) is 16.2. The van der Waals surface area contributed by atoms with Crippen LogP contribution >= 0.6 is 0 Å². The van der Waals surface area contributed by atoms with Gasteiger partial charge in [-0.25, -0.2) is 0 Å². The number of nitriles is 1. The standard InChI is InChI=1S/C15H22N4O/c1-4-12-13(10-16)15(18-17-14(12)5-2)19-8-6-11(20-3)7-9-19/h11H,4-9H2,1-3H3. The molecule has 5 nitrogen and oxygen atoms in total. The van der Waals surface area contributed by atoms with Gasteiger partial charge in [-0.15, -0.1) is 5.10 Å². The molecule has 0 spiro atoms. The Morgan fingerprint density at radius 2 is 1.95 bits per heavy atom. The SMILES string of the molecule is CCc1nnc(N2CCC(OC)CC2)c(C#N)c1CC. The summed E-state index contributed by atoms with van der Waals surface area (Å²) in [5.41, 5.74) is 2.70. The van der Waals surface area contributed by atoms with E-state index in [1.54, 1.807) is 7.11 Å². The Morgan fingerprint density at radius 3 is 2.45 bits per heavy atom. The van der Waals surface area contributed by atoms with Crippen molar-refractivity contribution in [2.24, 2.45) is 0 Å². The molecule has 1 aromatic rings. The quantitative estimate of drug-likeness (QED) is 0.841. The molecule has 1 aromatic heterocycles. The van der Waals surface area contributed by atoms with Gasteiger partial charge in [-0.05, 0) is 31.2 Å². The molecule has 20 heavy (non-hydrogen) atoms. The van der Waals surface area contributed by atoms with Crippen molar-refractivity contribution in [3.63, 3.8) is 0 Å². The lowest BCUT2D eigenvalue weighted by molar-refractivity contribution is 0.0817. The van der Waals surface area contributed by atoms with E-state index in [4.69, 9.17) is 4.74 Å². The number of anilines is 1. The molecule has 0 bridgehead atoms. The highest BCUT2D eigenvalue weighted by Gasteiger charge is 2.24. The Hall–Kier alpha value is -1.67. The van der Waals surface area contributed by atoms with Crippen LogP contribution in [-0.2, 0) is 17.6 Å². The van der Waals surface area contributed by atoms with E-state index < -0.39 is 0 Å². The minimum atomic E-state index is 0.324. The second-order valence-corrected chi connectivity index (χ2v) is 5.06. The molecule has 0 atom stereocenters. The monoisotopic (exact) mass is 274 g/mol. The number of rotatable bonds is 4. The largest absolute Gasteiger partial charge is 0.381 e. The molecule has 2 rings (SSSR count). The first-order valence-electron chi connectivity index (χ1n) is 7.31. The van der Waals surface area contributed by atoms with Crippen molar-refractivity contribution < 1.29 is 4.74 Å². The first-order valence-corrected chi connectivity index (χ1v) is 7.31. The van der Waals surface area contributed by atoms with Gasteiger partial charge in [0.05, 0.1) is 11.8 Å². The Labute approximate surface area is 120 Å². The van der Waals surface area contributed by atoms with Crippen molar-refractivity contribution in [2.75, 3.05) is 25.1 Å². The number of aryl methyl sites for hydroxylation is 1. The van der Waals surface area contributed by atoms with Gasteiger partial charge in [-0.2, -0.15) is 10.4 Å².